The van der Waals surface area contributed by atoms with E-state index in [1.807, 2.05) is 0 Å². The summed E-state index contributed by atoms with van der Waals surface area (Å²) in [6.45, 7) is 6.23. The maximum absolute atomic E-state index is 11.8. The minimum absolute atomic E-state index is 0.114. The second kappa shape index (κ2) is 9.03. The van der Waals surface area contributed by atoms with Crippen LogP contribution in [0.5, 0.6) is 11.5 Å². The van der Waals surface area contributed by atoms with E-state index in [9.17, 15) is 9.90 Å². The summed E-state index contributed by atoms with van der Waals surface area (Å²) in [6.07, 6.45) is 6.71. The molecule has 1 aromatic carbocycles. The average Bonchev–Trinajstić information content (AvgIpc) is 2.52. The third-order valence-corrected chi connectivity index (χ3v) is 3.59. The molecule has 0 radical (unpaired) electrons. The molecule has 1 N–H and O–H groups in total. The molecule has 0 aliphatic carbocycles. The molecule has 0 fully saturated rings. The fraction of sp³-hybridized carbons (Fsp3) is 0.421. The molecule has 4 nitrogen and oxygen atoms in total. The number of phenols is 1. The highest BCUT2D eigenvalue weighted by Crippen LogP contribution is 2.33. The van der Waals surface area contributed by atoms with Crippen molar-refractivity contribution in [3.05, 3.63) is 46.6 Å². The molecule has 1 aromatic rings. The van der Waals surface area contributed by atoms with Crippen molar-refractivity contribution in [3.63, 3.8) is 0 Å². The molecule has 0 spiro atoms. The molecule has 0 amide bonds. The lowest BCUT2D eigenvalue weighted by Crippen LogP contribution is -2.06. The standard InChI is InChI=1S/C19H26O4/c1-13(2)7-6-8-14(3)9-10-15-17(20)12-11-16(18(15)22-4)19(21)23-5/h7,9,11-12,20H,6,8,10H2,1-5H3/b14-9+. The normalized spacial score (nSPS) is 11.1. The van der Waals surface area contributed by atoms with Crippen LogP contribution >= 0.6 is 0 Å². The van der Waals surface area contributed by atoms with Crippen molar-refractivity contribution >= 4 is 5.97 Å². The number of methoxy groups -OCH3 is 2. The number of hydrogen-bond acceptors (Lipinski definition) is 4. The predicted octanol–water partition coefficient (Wildman–Crippen LogP) is 4.42. The van der Waals surface area contributed by atoms with Crippen molar-refractivity contribution < 1.29 is 19.4 Å². The lowest BCUT2D eigenvalue weighted by Gasteiger charge is -2.13. The molecule has 0 unspecified atom stereocenters. The Labute approximate surface area is 138 Å². The Morgan fingerprint density at radius 2 is 1.87 bits per heavy atom. The minimum atomic E-state index is -0.479. The lowest BCUT2D eigenvalue weighted by molar-refractivity contribution is 0.0597. The van der Waals surface area contributed by atoms with Gasteiger partial charge in [0.25, 0.3) is 0 Å². The quantitative estimate of drug-likeness (QED) is 0.597. The number of aromatic hydroxyl groups is 1. The number of allylic oxidation sites excluding steroid dienone is 4. The van der Waals surface area contributed by atoms with Crippen molar-refractivity contribution in [1.82, 2.24) is 0 Å². The van der Waals surface area contributed by atoms with E-state index in [-0.39, 0.29) is 5.75 Å². The zero-order valence-corrected chi connectivity index (χ0v) is 14.6. The molecule has 0 aliphatic rings. The SMILES string of the molecule is COC(=O)c1ccc(O)c(C/C=C(\C)CCC=C(C)C)c1OC. The second-order valence-electron chi connectivity index (χ2n) is 5.71. The van der Waals surface area contributed by atoms with Crippen molar-refractivity contribution in [3.8, 4) is 11.5 Å². The first-order valence-electron chi connectivity index (χ1n) is 7.66. The van der Waals surface area contributed by atoms with Gasteiger partial charge in [-0.15, -0.1) is 0 Å². The van der Waals surface area contributed by atoms with Crippen LogP contribution in [0.15, 0.2) is 35.4 Å². The summed E-state index contributed by atoms with van der Waals surface area (Å²) in [7, 11) is 2.80. The fourth-order valence-electron chi connectivity index (χ4n) is 2.29. The highest BCUT2D eigenvalue weighted by Gasteiger charge is 2.18. The smallest absolute Gasteiger partial charge is 0.341 e. The van der Waals surface area contributed by atoms with Gasteiger partial charge in [-0.05, 0) is 52.2 Å². The van der Waals surface area contributed by atoms with Gasteiger partial charge in [-0.3, -0.25) is 0 Å². The molecule has 0 bridgehead atoms. The molecule has 23 heavy (non-hydrogen) atoms. The summed E-state index contributed by atoms with van der Waals surface area (Å²) in [5, 5.41) is 10.1. The van der Waals surface area contributed by atoms with Crippen LogP contribution in [0.1, 0.15) is 49.5 Å². The Kier molecular flexibility index (Phi) is 7.39. The molecular weight excluding hydrogens is 292 g/mol. The van der Waals surface area contributed by atoms with Crippen molar-refractivity contribution in [2.24, 2.45) is 0 Å². The van der Waals surface area contributed by atoms with Gasteiger partial charge in [0.15, 0.2) is 0 Å². The Morgan fingerprint density at radius 1 is 1.17 bits per heavy atom. The maximum atomic E-state index is 11.8. The number of phenolic OH excluding ortho intramolecular Hbond substituents is 1. The number of rotatable bonds is 7. The maximum Gasteiger partial charge on any atom is 0.341 e. The van der Waals surface area contributed by atoms with Crippen LogP contribution in [0.4, 0.5) is 0 Å². The van der Waals surface area contributed by atoms with Gasteiger partial charge in [-0.2, -0.15) is 0 Å². The largest absolute Gasteiger partial charge is 0.508 e. The van der Waals surface area contributed by atoms with Crippen LogP contribution in [0.25, 0.3) is 0 Å². The average molecular weight is 318 g/mol. The second-order valence-corrected chi connectivity index (χ2v) is 5.71. The third kappa shape index (κ3) is 5.47. The Morgan fingerprint density at radius 3 is 2.43 bits per heavy atom. The third-order valence-electron chi connectivity index (χ3n) is 3.59. The van der Waals surface area contributed by atoms with Crippen LogP contribution in [0, 0.1) is 0 Å². The number of carbonyl (C=O) groups excluding carboxylic acids is 1. The van der Waals surface area contributed by atoms with Crippen molar-refractivity contribution in [2.75, 3.05) is 14.2 Å². The number of hydrogen-bond donors (Lipinski definition) is 1. The topological polar surface area (TPSA) is 55.8 Å². The van der Waals surface area contributed by atoms with E-state index in [1.165, 1.54) is 37.5 Å². The lowest BCUT2D eigenvalue weighted by atomic mass is 10.0. The van der Waals surface area contributed by atoms with E-state index in [0.717, 1.165) is 12.8 Å². The zero-order valence-electron chi connectivity index (χ0n) is 14.6. The molecule has 0 heterocycles. The summed E-state index contributed by atoms with van der Waals surface area (Å²) < 4.78 is 10.1. The van der Waals surface area contributed by atoms with Crippen LogP contribution < -0.4 is 4.74 Å². The van der Waals surface area contributed by atoms with Gasteiger partial charge >= 0.3 is 5.97 Å². The molecule has 0 aromatic heterocycles. The molecule has 0 saturated heterocycles. The Bertz CT molecular complexity index is 608. The minimum Gasteiger partial charge on any atom is -0.508 e. The van der Waals surface area contributed by atoms with E-state index in [1.54, 1.807) is 0 Å². The molecule has 0 atom stereocenters. The van der Waals surface area contributed by atoms with Gasteiger partial charge in [0.2, 0.25) is 0 Å². The first-order valence-corrected chi connectivity index (χ1v) is 7.66. The van der Waals surface area contributed by atoms with E-state index in [4.69, 9.17) is 9.47 Å². The van der Waals surface area contributed by atoms with Gasteiger partial charge in [0.1, 0.15) is 17.1 Å². The molecule has 4 heteroatoms. The number of benzene rings is 1. The molecule has 126 valence electrons. The van der Waals surface area contributed by atoms with Crippen LogP contribution in [-0.4, -0.2) is 25.3 Å². The van der Waals surface area contributed by atoms with Crippen molar-refractivity contribution in [1.29, 1.82) is 0 Å². The van der Waals surface area contributed by atoms with Crippen LogP contribution in [-0.2, 0) is 11.2 Å². The first-order chi connectivity index (χ1) is 10.9. The van der Waals surface area contributed by atoms with E-state index in [2.05, 4.69) is 32.9 Å². The van der Waals surface area contributed by atoms with Gasteiger partial charge < -0.3 is 14.6 Å². The summed E-state index contributed by atoms with van der Waals surface area (Å²) in [6, 6.07) is 3.01. The van der Waals surface area contributed by atoms with Gasteiger partial charge in [0.05, 0.1) is 14.2 Å². The predicted molar refractivity (Wildman–Crippen MR) is 92.1 cm³/mol. The molecule has 1 rings (SSSR count). The zero-order chi connectivity index (χ0) is 17.4. The highest BCUT2D eigenvalue weighted by atomic mass is 16.5. The van der Waals surface area contributed by atoms with E-state index in [0.29, 0.717) is 23.3 Å². The Hall–Kier alpha value is -2.23. The monoisotopic (exact) mass is 318 g/mol. The van der Waals surface area contributed by atoms with Crippen LogP contribution in [0.2, 0.25) is 0 Å². The van der Waals surface area contributed by atoms with E-state index < -0.39 is 5.97 Å². The van der Waals surface area contributed by atoms with Crippen LogP contribution in [0.3, 0.4) is 0 Å². The molecule has 0 saturated carbocycles. The van der Waals surface area contributed by atoms with Gasteiger partial charge in [0, 0.05) is 5.56 Å². The van der Waals surface area contributed by atoms with E-state index >= 15 is 0 Å². The van der Waals surface area contributed by atoms with Gasteiger partial charge in [-0.25, -0.2) is 4.79 Å². The van der Waals surface area contributed by atoms with Crippen molar-refractivity contribution in [2.45, 2.75) is 40.0 Å². The summed E-state index contributed by atoms with van der Waals surface area (Å²) >= 11 is 0. The molecule has 0 aliphatic heterocycles. The van der Waals surface area contributed by atoms with Gasteiger partial charge in [-0.1, -0.05) is 23.3 Å². The first kappa shape index (κ1) is 18.8. The fourth-order valence-corrected chi connectivity index (χ4v) is 2.29. The Balaban J connectivity index is 2.99. The summed E-state index contributed by atoms with van der Waals surface area (Å²) in [5.41, 5.74) is 3.45. The number of esters is 1. The summed E-state index contributed by atoms with van der Waals surface area (Å²) in [4.78, 5) is 11.8. The number of ether oxygens (including phenoxy) is 2. The number of carbonyl (C=O) groups is 1. The summed E-state index contributed by atoms with van der Waals surface area (Å²) in [5.74, 6) is 0.000379. The highest BCUT2D eigenvalue weighted by molar-refractivity contribution is 5.93. The molecular formula is C19H26O4.